The molecule has 0 bridgehead atoms. The predicted octanol–water partition coefficient (Wildman–Crippen LogP) is 3.82. The first-order valence-corrected chi connectivity index (χ1v) is 7.89. The molecule has 3 N–H and O–H groups in total. The van der Waals surface area contributed by atoms with E-state index in [4.69, 9.17) is 10.6 Å². The minimum absolute atomic E-state index is 0.429. The van der Waals surface area contributed by atoms with Gasteiger partial charge < -0.3 is 4.74 Å². The van der Waals surface area contributed by atoms with Crippen molar-refractivity contribution in [1.82, 2.24) is 5.43 Å². The van der Waals surface area contributed by atoms with Crippen molar-refractivity contribution < 1.29 is 4.74 Å². The van der Waals surface area contributed by atoms with Crippen LogP contribution < -0.4 is 16.0 Å². The quantitative estimate of drug-likeness (QED) is 0.367. The lowest BCUT2D eigenvalue weighted by Gasteiger charge is -2.15. The number of benzene rings is 1. The van der Waals surface area contributed by atoms with E-state index in [9.17, 15) is 0 Å². The second-order valence-corrected chi connectivity index (χ2v) is 5.45. The maximum Gasteiger partial charge on any atom is 0.118 e. The number of hydrogen-bond acceptors (Lipinski definition) is 3. The maximum absolute atomic E-state index is 5.65. The Bertz CT molecular complexity index is 337. The van der Waals surface area contributed by atoms with Crippen LogP contribution in [-0.4, -0.2) is 13.2 Å². The topological polar surface area (TPSA) is 47.3 Å². The third-order valence-electron chi connectivity index (χ3n) is 3.83. The highest BCUT2D eigenvalue weighted by Crippen LogP contribution is 2.15. The van der Waals surface area contributed by atoms with Crippen molar-refractivity contribution in [3.8, 4) is 5.75 Å². The Morgan fingerprint density at radius 2 is 1.75 bits per heavy atom. The summed E-state index contributed by atoms with van der Waals surface area (Å²) in [5, 5.41) is 0. The molecule has 3 nitrogen and oxygen atoms in total. The molecule has 0 aliphatic rings. The molecule has 0 fully saturated rings. The van der Waals surface area contributed by atoms with Gasteiger partial charge in [-0.1, -0.05) is 51.2 Å². The molecule has 1 atom stereocenters. The van der Waals surface area contributed by atoms with Gasteiger partial charge in [-0.15, -0.1) is 0 Å². The van der Waals surface area contributed by atoms with Crippen molar-refractivity contribution in [1.29, 1.82) is 0 Å². The zero-order valence-electron chi connectivity index (χ0n) is 13.0. The average Bonchev–Trinajstić information content (AvgIpc) is 2.50. The van der Waals surface area contributed by atoms with Crippen molar-refractivity contribution in [2.75, 3.05) is 7.11 Å². The Hall–Kier alpha value is -1.06. The van der Waals surface area contributed by atoms with E-state index in [-0.39, 0.29) is 0 Å². The molecule has 3 heteroatoms. The summed E-state index contributed by atoms with van der Waals surface area (Å²) in [4.78, 5) is 0. The molecule has 20 heavy (non-hydrogen) atoms. The molecule has 0 saturated carbocycles. The molecule has 1 rings (SSSR count). The zero-order valence-corrected chi connectivity index (χ0v) is 13.0. The maximum atomic E-state index is 5.65. The number of methoxy groups -OCH3 is 1. The highest BCUT2D eigenvalue weighted by Gasteiger charge is 2.06. The molecular formula is C17H30N2O. The van der Waals surface area contributed by atoms with Crippen LogP contribution in [-0.2, 0) is 6.42 Å². The van der Waals surface area contributed by atoms with E-state index in [1.807, 2.05) is 12.1 Å². The van der Waals surface area contributed by atoms with E-state index in [0.717, 1.165) is 18.6 Å². The number of aryl methyl sites for hydroxylation is 1. The third-order valence-corrected chi connectivity index (χ3v) is 3.83. The number of ether oxygens (including phenoxy) is 1. The molecule has 0 heterocycles. The number of hydrazine groups is 1. The van der Waals surface area contributed by atoms with Gasteiger partial charge >= 0.3 is 0 Å². The first kappa shape index (κ1) is 17.0. The molecule has 114 valence electrons. The number of hydrogen-bond donors (Lipinski definition) is 2. The lowest BCUT2D eigenvalue weighted by Crippen LogP contribution is -2.35. The van der Waals surface area contributed by atoms with Crippen LogP contribution in [0.5, 0.6) is 5.75 Å². The molecule has 0 saturated heterocycles. The highest BCUT2D eigenvalue weighted by atomic mass is 16.5. The molecule has 0 amide bonds. The molecule has 0 radical (unpaired) electrons. The van der Waals surface area contributed by atoms with E-state index >= 15 is 0 Å². The van der Waals surface area contributed by atoms with Crippen molar-refractivity contribution in [3.63, 3.8) is 0 Å². The van der Waals surface area contributed by atoms with Crippen LogP contribution >= 0.6 is 0 Å². The Labute approximate surface area is 123 Å². The Morgan fingerprint density at radius 3 is 2.35 bits per heavy atom. The van der Waals surface area contributed by atoms with E-state index in [1.54, 1.807) is 7.11 Å². The van der Waals surface area contributed by atoms with E-state index in [1.165, 1.54) is 44.1 Å². The van der Waals surface area contributed by atoms with Crippen LogP contribution in [0.4, 0.5) is 0 Å². The molecule has 0 aromatic heterocycles. The van der Waals surface area contributed by atoms with Crippen molar-refractivity contribution in [2.45, 2.75) is 64.3 Å². The molecule has 1 aromatic carbocycles. The summed E-state index contributed by atoms with van der Waals surface area (Å²) in [6, 6.07) is 8.73. The second-order valence-electron chi connectivity index (χ2n) is 5.45. The molecule has 1 aromatic rings. The van der Waals surface area contributed by atoms with Crippen LogP contribution in [0.1, 0.15) is 57.4 Å². The summed E-state index contributed by atoms with van der Waals surface area (Å²) in [5.74, 6) is 6.57. The predicted molar refractivity (Wildman–Crippen MR) is 85.8 cm³/mol. The number of nitrogens with one attached hydrogen (secondary N) is 1. The molecule has 0 spiro atoms. The van der Waals surface area contributed by atoms with Gasteiger partial charge in [0.1, 0.15) is 5.75 Å². The lowest BCUT2D eigenvalue weighted by molar-refractivity contribution is 0.414. The van der Waals surface area contributed by atoms with Crippen LogP contribution in [0.2, 0.25) is 0 Å². The molecule has 0 aliphatic heterocycles. The van der Waals surface area contributed by atoms with Gasteiger partial charge in [-0.3, -0.25) is 11.3 Å². The molecule has 0 aliphatic carbocycles. The molecule has 1 unspecified atom stereocenters. The van der Waals surface area contributed by atoms with Crippen LogP contribution in [0.25, 0.3) is 0 Å². The number of nitrogens with two attached hydrogens (primary N) is 1. The minimum Gasteiger partial charge on any atom is -0.497 e. The van der Waals surface area contributed by atoms with Crippen LogP contribution in [0, 0.1) is 0 Å². The van der Waals surface area contributed by atoms with E-state index in [0.29, 0.717) is 6.04 Å². The zero-order chi connectivity index (χ0) is 14.6. The van der Waals surface area contributed by atoms with Gasteiger partial charge in [0.2, 0.25) is 0 Å². The third kappa shape index (κ3) is 6.92. The smallest absolute Gasteiger partial charge is 0.118 e. The summed E-state index contributed by atoms with van der Waals surface area (Å²) >= 11 is 0. The van der Waals surface area contributed by atoms with Gasteiger partial charge in [-0.2, -0.15) is 0 Å². The van der Waals surface area contributed by atoms with Gasteiger partial charge in [0.25, 0.3) is 0 Å². The SMILES string of the molecule is CCCCCCCC(CCc1ccc(OC)cc1)NN. The second kappa shape index (κ2) is 10.7. The standard InChI is InChI=1S/C17H30N2O/c1-3-4-5-6-7-8-16(19-18)12-9-15-10-13-17(20-2)14-11-15/h10-11,13-14,16,19H,3-9,12,18H2,1-2H3. The van der Waals surface area contributed by atoms with E-state index in [2.05, 4.69) is 24.5 Å². The highest BCUT2D eigenvalue weighted by molar-refractivity contribution is 5.27. The minimum atomic E-state index is 0.429. The Balaban J connectivity index is 2.22. The van der Waals surface area contributed by atoms with Crippen molar-refractivity contribution in [2.24, 2.45) is 5.84 Å². The fraction of sp³-hybridized carbons (Fsp3) is 0.647. The summed E-state index contributed by atoms with van der Waals surface area (Å²) in [6.45, 7) is 2.25. The van der Waals surface area contributed by atoms with Gasteiger partial charge in [0, 0.05) is 6.04 Å². The van der Waals surface area contributed by atoms with Crippen LogP contribution in [0.3, 0.4) is 0 Å². The van der Waals surface area contributed by atoms with Gasteiger partial charge in [-0.25, -0.2) is 0 Å². The summed E-state index contributed by atoms with van der Waals surface area (Å²) < 4.78 is 5.17. The van der Waals surface area contributed by atoms with E-state index < -0.39 is 0 Å². The van der Waals surface area contributed by atoms with Crippen molar-refractivity contribution >= 4 is 0 Å². The summed E-state index contributed by atoms with van der Waals surface area (Å²) in [6.07, 6.45) is 9.95. The van der Waals surface area contributed by atoms with Crippen LogP contribution in [0.15, 0.2) is 24.3 Å². The van der Waals surface area contributed by atoms with Gasteiger partial charge in [0.05, 0.1) is 7.11 Å². The monoisotopic (exact) mass is 278 g/mol. The Morgan fingerprint density at radius 1 is 1.05 bits per heavy atom. The van der Waals surface area contributed by atoms with Gasteiger partial charge in [0.15, 0.2) is 0 Å². The van der Waals surface area contributed by atoms with Gasteiger partial charge in [-0.05, 0) is 37.0 Å². The largest absolute Gasteiger partial charge is 0.497 e. The fourth-order valence-corrected chi connectivity index (χ4v) is 2.44. The van der Waals surface area contributed by atoms with Crippen molar-refractivity contribution in [3.05, 3.63) is 29.8 Å². The number of rotatable bonds is 11. The normalized spacial score (nSPS) is 12.3. The number of unbranched alkanes of at least 4 members (excludes halogenated alkanes) is 4. The lowest BCUT2D eigenvalue weighted by atomic mass is 10.0. The average molecular weight is 278 g/mol. The summed E-state index contributed by atoms with van der Waals surface area (Å²) in [5.41, 5.74) is 4.31. The first-order valence-electron chi connectivity index (χ1n) is 7.89. The summed E-state index contributed by atoms with van der Waals surface area (Å²) in [7, 11) is 1.70. The fourth-order valence-electron chi connectivity index (χ4n) is 2.44. The first-order chi connectivity index (χ1) is 9.80. The Kier molecular flexibility index (Phi) is 9.09. The molecular weight excluding hydrogens is 248 g/mol.